The van der Waals surface area contributed by atoms with Gasteiger partial charge in [-0.25, -0.2) is 9.97 Å². The summed E-state index contributed by atoms with van der Waals surface area (Å²) >= 11 is 0. The second-order valence-corrected chi connectivity index (χ2v) is 9.31. The lowest BCUT2D eigenvalue weighted by atomic mass is 10.1. The second-order valence-electron chi connectivity index (χ2n) is 9.31. The summed E-state index contributed by atoms with van der Waals surface area (Å²) < 4.78 is 5.89. The third kappa shape index (κ3) is 9.84. The Morgan fingerprint density at radius 1 is 0.774 bits per heavy atom. The Labute approximate surface area is 190 Å². The minimum absolute atomic E-state index is 0.798. The van der Waals surface area contributed by atoms with Crippen LogP contribution < -0.4 is 4.74 Å². The van der Waals surface area contributed by atoms with E-state index < -0.39 is 0 Å². The van der Waals surface area contributed by atoms with Crippen LogP contribution in [0.25, 0.3) is 11.4 Å². The molecule has 1 heterocycles. The van der Waals surface area contributed by atoms with Crippen LogP contribution in [0, 0.1) is 5.92 Å². The number of hydrogen-bond donors (Lipinski definition) is 0. The monoisotopic (exact) mass is 422 g/mol. The Hall–Kier alpha value is -1.90. The summed E-state index contributed by atoms with van der Waals surface area (Å²) in [7, 11) is 0. The molecule has 3 heteroatoms. The Kier molecular flexibility index (Phi) is 10.9. The summed E-state index contributed by atoms with van der Waals surface area (Å²) in [6.45, 7) is 3.09. The van der Waals surface area contributed by atoms with Gasteiger partial charge in [-0.3, -0.25) is 0 Å². The molecule has 3 nitrogen and oxygen atoms in total. The molecule has 2 aromatic rings. The van der Waals surface area contributed by atoms with E-state index >= 15 is 0 Å². The number of nitrogens with zero attached hydrogens (tertiary/aromatic N) is 2. The predicted molar refractivity (Wildman–Crippen MR) is 130 cm³/mol. The van der Waals surface area contributed by atoms with Crippen LogP contribution in [0.15, 0.2) is 36.7 Å². The SMILES string of the molecule is CCCCCCCCCCc1cnc(-c2ccc(OCCCCCC3CC3)cc2)nc1. The van der Waals surface area contributed by atoms with Crippen LogP contribution in [0.5, 0.6) is 5.75 Å². The fraction of sp³-hybridized carbons (Fsp3) is 0.643. The molecule has 1 aliphatic carbocycles. The van der Waals surface area contributed by atoms with Crippen LogP contribution >= 0.6 is 0 Å². The molecule has 0 amide bonds. The fourth-order valence-electron chi connectivity index (χ4n) is 4.10. The molecule has 1 saturated carbocycles. The van der Waals surface area contributed by atoms with E-state index in [0.717, 1.165) is 42.5 Å². The maximum absolute atomic E-state index is 5.89. The quantitative estimate of drug-likeness (QED) is 0.241. The molecular formula is C28H42N2O. The number of unbranched alkanes of at least 4 members (excludes halogenated alkanes) is 9. The van der Waals surface area contributed by atoms with E-state index in [-0.39, 0.29) is 0 Å². The molecule has 3 rings (SSSR count). The summed E-state index contributed by atoms with van der Waals surface area (Å²) in [5, 5.41) is 0. The van der Waals surface area contributed by atoms with Gasteiger partial charge >= 0.3 is 0 Å². The van der Waals surface area contributed by atoms with Crippen molar-refractivity contribution in [3.05, 3.63) is 42.2 Å². The minimum atomic E-state index is 0.798. The standard InChI is InChI=1S/C28H42N2O/c1-2-3-4-5-6-7-8-10-14-25-22-29-28(30-23-25)26-17-19-27(20-18-26)31-21-12-9-11-13-24-15-16-24/h17-20,22-24H,2-16,21H2,1H3. The lowest BCUT2D eigenvalue weighted by Gasteiger charge is -2.07. The third-order valence-corrected chi connectivity index (χ3v) is 6.36. The molecule has 0 radical (unpaired) electrons. The van der Waals surface area contributed by atoms with E-state index in [9.17, 15) is 0 Å². The van der Waals surface area contributed by atoms with Gasteiger partial charge < -0.3 is 4.74 Å². The molecule has 31 heavy (non-hydrogen) atoms. The number of rotatable bonds is 17. The van der Waals surface area contributed by atoms with Crippen LogP contribution in [0.3, 0.4) is 0 Å². The Morgan fingerprint density at radius 3 is 2.10 bits per heavy atom. The smallest absolute Gasteiger partial charge is 0.159 e. The second kappa shape index (κ2) is 14.2. The van der Waals surface area contributed by atoms with Gasteiger partial charge in [0.25, 0.3) is 0 Å². The Balaban J connectivity index is 1.29. The summed E-state index contributed by atoms with van der Waals surface area (Å²) in [6, 6.07) is 8.21. The van der Waals surface area contributed by atoms with Crippen molar-refractivity contribution in [2.45, 2.75) is 103 Å². The first-order chi connectivity index (χ1) is 15.3. The lowest BCUT2D eigenvalue weighted by molar-refractivity contribution is 0.304. The van der Waals surface area contributed by atoms with E-state index in [1.165, 1.54) is 89.0 Å². The van der Waals surface area contributed by atoms with Gasteiger partial charge in [-0.1, -0.05) is 84.0 Å². The van der Waals surface area contributed by atoms with E-state index in [1.807, 2.05) is 24.5 Å². The highest BCUT2D eigenvalue weighted by atomic mass is 16.5. The summed E-state index contributed by atoms with van der Waals surface area (Å²) in [5.41, 5.74) is 2.30. The van der Waals surface area contributed by atoms with E-state index in [2.05, 4.69) is 29.0 Å². The van der Waals surface area contributed by atoms with Crippen LogP contribution in [0.1, 0.15) is 102 Å². The minimum Gasteiger partial charge on any atom is -0.494 e. The van der Waals surface area contributed by atoms with Gasteiger partial charge in [0.2, 0.25) is 0 Å². The number of ether oxygens (including phenoxy) is 1. The van der Waals surface area contributed by atoms with Gasteiger partial charge in [-0.2, -0.15) is 0 Å². The van der Waals surface area contributed by atoms with Crippen LogP contribution in [0.4, 0.5) is 0 Å². The average Bonchev–Trinajstić information content (AvgIpc) is 3.63. The molecule has 0 unspecified atom stereocenters. The summed E-state index contributed by atoms with van der Waals surface area (Å²) in [5.74, 6) is 2.79. The first kappa shape index (κ1) is 23.8. The van der Waals surface area contributed by atoms with Crippen molar-refractivity contribution in [1.82, 2.24) is 9.97 Å². The molecule has 0 spiro atoms. The molecule has 170 valence electrons. The molecule has 1 aromatic carbocycles. The maximum Gasteiger partial charge on any atom is 0.159 e. The largest absolute Gasteiger partial charge is 0.494 e. The molecule has 0 bridgehead atoms. The van der Waals surface area contributed by atoms with Crippen LogP contribution in [0.2, 0.25) is 0 Å². The highest BCUT2D eigenvalue weighted by Gasteiger charge is 2.19. The topological polar surface area (TPSA) is 35.0 Å². The highest BCUT2D eigenvalue weighted by Crippen LogP contribution is 2.34. The number of aromatic nitrogens is 2. The van der Waals surface area contributed by atoms with Gasteiger partial charge in [0.1, 0.15) is 5.75 Å². The van der Waals surface area contributed by atoms with Crippen LogP contribution in [-0.4, -0.2) is 16.6 Å². The number of benzene rings is 1. The summed E-state index contributed by atoms with van der Waals surface area (Å²) in [6.07, 6.45) is 24.0. The molecule has 0 N–H and O–H groups in total. The van der Waals surface area contributed by atoms with Crippen molar-refractivity contribution >= 4 is 0 Å². The predicted octanol–water partition coefficient (Wildman–Crippen LogP) is 8.18. The Morgan fingerprint density at radius 2 is 1.42 bits per heavy atom. The lowest BCUT2D eigenvalue weighted by Crippen LogP contribution is -1.98. The maximum atomic E-state index is 5.89. The molecule has 1 fully saturated rings. The fourth-order valence-corrected chi connectivity index (χ4v) is 4.10. The zero-order chi connectivity index (χ0) is 21.6. The Bertz CT molecular complexity index is 707. The summed E-state index contributed by atoms with van der Waals surface area (Å²) in [4.78, 5) is 9.18. The zero-order valence-electron chi connectivity index (χ0n) is 19.7. The van der Waals surface area contributed by atoms with Gasteiger partial charge in [0, 0.05) is 18.0 Å². The first-order valence-corrected chi connectivity index (χ1v) is 12.9. The normalized spacial score (nSPS) is 13.5. The van der Waals surface area contributed by atoms with Crippen molar-refractivity contribution < 1.29 is 4.74 Å². The average molecular weight is 423 g/mol. The molecule has 0 saturated heterocycles. The molecule has 1 aliphatic rings. The van der Waals surface area contributed by atoms with Gasteiger partial charge in [-0.15, -0.1) is 0 Å². The third-order valence-electron chi connectivity index (χ3n) is 6.36. The zero-order valence-corrected chi connectivity index (χ0v) is 19.7. The van der Waals surface area contributed by atoms with E-state index in [1.54, 1.807) is 0 Å². The molecule has 0 aliphatic heterocycles. The molecule has 1 aromatic heterocycles. The highest BCUT2D eigenvalue weighted by molar-refractivity contribution is 5.55. The molecular weight excluding hydrogens is 380 g/mol. The van der Waals surface area contributed by atoms with Crippen molar-refractivity contribution in [2.24, 2.45) is 5.92 Å². The van der Waals surface area contributed by atoms with Gasteiger partial charge in [-0.05, 0) is 55.0 Å². The van der Waals surface area contributed by atoms with E-state index in [0.29, 0.717) is 0 Å². The van der Waals surface area contributed by atoms with Crippen molar-refractivity contribution in [3.8, 4) is 17.1 Å². The molecule has 0 atom stereocenters. The van der Waals surface area contributed by atoms with Crippen molar-refractivity contribution in [2.75, 3.05) is 6.61 Å². The number of aryl methyl sites for hydroxylation is 1. The first-order valence-electron chi connectivity index (χ1n) is 12.9. The van der Waals surface area contributed by atoms with Crippen molar-refractivity contribution in [3.63, 3.8) is 0 Å². The van der Waals surface area contributed by atoms with Gasteiger partial charge in [0.15, 0.2) is 5.82 Å². The van der Waals surface area contributed by atoms with E-state index in [4.69, 9.17) is 4.74 Å². The van der Waals surface area contributed by atoms with Gasteiger partial charge in [0.05, 0.1) is 6.61 Å². The van der Waals surface area contributed by atoms with Crippen LogP contribution in [-0.2, 0) is 6.42 Å². The van der Waals surface area contributed by atoms with Crippen molar-refractivity contribution in [1.29, 1.82) is 0 Å². The number of hydrogen-bond acceptors (Lipinski definition) is 3.